The molecule has 2 aromatic carbocycles. The molecule has 19 heavy (non-hydrogen) atoms. The third-order valence-corrected chi connectivity index (χ3v) is 2.87. The number of nitrogens with one attached hydrogen (secondary N) is 1. The zero-order valence-electron chi connectivity index (χ0n) is 10.3. The maximum atomic E-state index is 8.75. The second-order valence-corrected chi connectivity index (χ2v) is 4.21. The highest BCUT2D eigenvalue weighted by atomic mass is 16.3. The van der Waals surface area contributed by atoms with Crippen LogP contribution in [-0.2, 0) is 0 Å². The van der Waals surface area contributed by atoms with Crippen LogP contribution < -0.4 is 5.32 Å². The largest absolute Gasteiger partial charge is 0.436 e. The van der Waals surface area contributed by atoms with Crippen molar-refractivity contribution < 1.29 is 9.52 Å². The summed E-state index contributed by atoms with van der Waals surface area (Å²) in [5.41, 5.74) is 3.56. The zero-order chi connectivity index (χ0) is 13.1. The van der Waals surface area contributed by atoms with E-state index in [2.05, 4.69) is 10.3 Å². The highest BCUT2D eigenvalue weighted by molar-refractivity contribution is 5.76. The van der Waals surface area contributed by atoms with Gasteiger partial charge in [-0.15, -0.1) is 0 Å². The number of aliphatic hydroxyl groups excluding tert-OH is 1. The zero-order valence-corrected chi connectivity index (χ0v) is 10.3. The maximum Gasteiger partial charge on any atom is 0.227 e. The lowest BCUT2D eigenvalue weighted by Crippen LogP contribution is -2.04. The summed E-state index contributed by atoms with van der Waals surface area (Å²) in [5.74, 6) is 0.620. The van der Waals surface area contributed by atoms with E-state index in [1.165, 1.54) is 0 Å². The number of para-hydroxylation sites is 2. The molecule has 3 aromatic rings. The smallest absolute Gasteiger partial charge is 0.227 e. The first-order valence-corrected chi connectivity index (χ1v) is 6.17. The number of anilines is 1. The third-order valence-electron chi connectivity index (χ3n) is 2.87. The van der Waals surface area contributed by atoms with E-state index in [0.29, 0.717) is 12.4 Å². The Morgan fingerprint density at radius 2 is 1.84 bits per heavy atom. The van der Waals surface area contributed by atoms with Crippen molar-refractivity contribution in [2.75, 3.05) is 18.5 Å². The summed E-state index contributed by atoms with van der Waals surface area (Å²) in [7, 11) is 0. The van der Waals surface area contributed by atoms with E-state index in [1.807, 2.05) is 48.5 Å². The van der Waals surface area contributed by atoms with Gasteiger partial charge in [0.2, 0.25) is 5.89 Å². The van der Waals surface area contributed by atoms with Crippen LogP contribution in [0.2, 0.25) is 0 Å². The monoisotopic (exact) mass is 254 g/mol. The van der Waals surface area contributed by atoms with E-state index in [0.717, 1.165) is 22.4 Å². The molecular weight excluding hydrogens is 240 g/mol. The fraction of sp³-hybridized carbons (Fsp3) is 0.133. The molecular formula is C15H14N2O2. The van der Waals surface area contributed by atoms with Crippen molar-refractivity contribution in [2.45, 2.75) is 0 Å². The predicted molar refractivity (Wildman–Crippen MR) is 75.0 cm³/mol. The molecule has 96 valence electrons. The minimum atomic E-state index is 0.118. The van der Waals surface area contributed by atoms with Crippen LogP contribution in [0.4, 0.5) is 5.69 Å². The quantitative estimate of drug-likeness (QED) is 0.751. The Hall–Kier alpha value is -2.33. The first-order valence-electron chi connectivity index (χ1n) is 6.17. The van der Waals surface area contributed by atoms with E-state index < -0.39 is 0 Å². The Labute approximate surface area is 110 Å². The average Bonchev–Trinajstić information content (AvgIpc) is 2.89. The van der Waals surface area contributed by atoms with Gasteiger partial charge in [0, 0.05) is 17.8 Å². The van der Waals surface area contributed by atoms with Crippen molar-refractivity contribution in [2.24, 2.45) is 0 Å². The molecule has 0 aliphatic heterocycles. The van der Waals surface area contributed by atoms with Crippen molar-refractivity contribution in [3.05, 3.63) is 48.5 Å². The molecule has 4 nitrogen and oxygen atoms in total. The van der Waals surface area contributed by atoms with Gasteiger partial charge in [0.1, 0.15) is 5.52 Å². The molecule has 0 atom stereocenters. The molecule has 0 aliphatic rings. The molecule has 4 heteroatoms. The molecule has 0 aliphatic carbocycles. The van der Waals surface area contributed by atoms with Gasteiger partial charge in [-0.05, 0) is 36.4 Å². The summed E-state index contributed by atoms with van der Waals surface area (Å²) in [4.78, 5) is 4.45. The summed E-state index contributed by atoms with van der Waals surface area (Å²) in [5, 5.41) is 11.9. The minimum absolute atomic E-state index is 0.118. The Bertz CT molecular complexity index is 641. The number of aliphatic hydroxyl groups is 1. The summed E-state index contributed by atoms with van der Waals surface area (Å²) in [6, 6.07) is 15.5. The number of hydrogen-bond donors (Lipinski definition) is 2. The molecule has 1 aromatic heterocycles. The van der Waals surface area contributed by atoms with Crippen molar-refractivity contribution in [1.82, 2.24) is 4.98 Å². The second kappa shape index (κ2) is 5.12. The van der Waals surface area contributed by atoms with E-state index in [9.17, 15) is 0 Å². The van der Waals surface area contributed by atoms with Crippen LogP contribution in [0.1, 0.15) is 0 Å². The van der Waals surface area contributed by atoms with Crippen LogP contribution in [0, 0.1) is 0 Å². The van der Waals surface area contributed by atoms with Gasteiger partial charge in [-0.1, -0.05) is 12.1 Å². The molecule has 0 bridgehead atoms. The average molecular weight is 254 g/mol. The van der Waals surface area contributed by atoms with E-state index in [4.69, 9.17) is 9.52 Å². The van der Waals surface area contributed by atoms with Crippen LogP contribution in [-0.4, -0.2) is 23.2 Å². The lowest BCUT2D eigenvalue weighted by Gasteiger charge is -2.04. The highest BCUT2D eigenvalue weighted by Gasteiger charge is 2.07. The number of rotatable bonds is 4. The van der Waals surface area contributed by atoms with Crippen LogP contribution >= 0.6 is 0 Å². The van der Waals surface area contributed by atoms with Crippen molar-refractivity contribution in [3.8, 4) is 11.5 Å². The third kappa shape index (κ3) is 2.44. The Balaban J connectivity index is 1.88. The van der Waals surface area contributed by atoms with Gasteiger partial charge in [-0.25, -0.2) is 4.98 Å². The van der Waals surface area contributed by atoms with Crippen LogP contribution in [0.3, 0.4) is 0 Å². The van der Waals surface area contributed by atoms with Crippen molar-refractivity contribution >= 4 is 16.8 Å². The number of aromatic nitrogens is 1. The summed E-state index contributed by atoms with van der Waals surface area (Å²) in [6.07, 6.45) is 0. The van der Waals surface area contributed by atoms with E-state index >= 15 is 0 Å². The van der Waals surface area contributed by atoms with Crippen LogP contribution in [0.5, 0.6) is 0 Å². The minimum Gasteiger partial charge on any atom is -0.436 e. The number of nitrogens with zero attached hydrogens (tertiary/aromatic N) is 1. The first kappa shape index (κ1) is 11.7. The molecule has 0 saturated carbocycles. The molecule has 0 saturated heterocycles. The van der Waals surface area contributed by atoms with Crippen molar-refractivity contribution in [1.29, 1.82) is 0 Å². The summed E-state index contributed by atoms with van der Waals surface area (Å²) in [6.45, 7) is 0.662. The lowest BCUT2D eigenvalue weighted by molar-refractivity contribution is 0.311. The Kier molecular flexibility index (Phi) is 3.16. The molecule has 0 amide bonds. The molecule has 1 heterocycles. The topological polar surface area (TPSA) is 58.3 Å². The molecule has 2 N–H and O–H groups in total. The fourth-order valence-electron chi connectivity index (χ4n) is 1.93. The lowest BCUT2D eigenvalue weighted by atomic mass is 10.2. The van der Waals surface area contributed by atoms with Gasteiger partial charge in [0.15, 0.2) is 5.58 Å². The molecule has 0 fully saturated rings. The van der Waals surface area contributed by atoms with Crippen LogP contribution in [0.25, 0.3) is 22.6 Å². The fourth-order valence-corrected chi connectivity index (χ4v) is 1.93. The number of benzene rings is 2. The van der Waals surface area contributed by atoms with E-state index in [1.54, 1.807) is 0 Å². The van der Waals surface area contributed by atoms with Gasteiger partial charge in [0.05, 0.1) is 6.61 Å². The Morgan fingerprint density at radius 3 is 2.58 bits per heavy atom. The SMILES string of the molecule is OCCNc1ccc(-c2nc3ccccc3o2)cc1. The van der Waals surface area contributed by atoms with Crippen molar-refractivity contribution in [3.63, 3.8) is 0 Å². The van der Waals surface area contributed by atoms with Gasteiger partial charge in [-0.3, -0.25) is 0 Å². The second-order valence-electron chi connectivity index (χ2n) is 4.21. The standard InChI is InChI=1S/C15H14N2O2/c18-10-9-16-12-7-5-11(6-8-12)15-17-13-3-1-2-4-14(13)19-15/h1-8,16,18H,9-10H2. The molecule has 3 rings (SSSR count). The maximum absolute atomic E-state index is 8.75. The van der Waals surface area contributed by atoms with E-state index in [-0.39, 0.29) is 6.61 Å². The first-order chi connectivity index (χ1) is 9.36. The van der Waals surface area contributed by atoms with Gasteiger partial charge in [0.25, 0.3) is 0 Å². The number of oxazole rings is 1. The number of fused-ring (bicyclic) bond motifs is 1. The van der Waals surface area contributed by atoms with Gasteiger partial charge < -0.3 is 14.8 Å². The normalized spacial score (nSPS) is 10.8. The Morgan fingerprint density at radius 1 is 1.05 bits per heavy atom. The van der Waals surface area contributed by atoms with Gasteiger partial charge in [-0.2, -0.15) is 0 Å². The molecule has 0 radical (unpaired) electrons. The molecule has 0 unspecified atom stereocenters. The van der Waals surface area contributed by atoms with Crippen LogP contribution in [0.15, 0.2) is 52.9 Å². The number of hydrogen-bond acceptors (Lipinski definition) is 4. The highest BCUT2D eigenvalue weighted by Crippen LogP contribution is 2.24. The van der Waals surface area contributed by atoms with Gasteiger partial charge >= 0.3 is 0 Å². The molecule has 0 spiro atoms. The summed E-state index contributed by atoms with van der Waals surface area (Å²) < 4.78 is 5.70. The predicted octanol–water partition coefficient (Wildman–Crippen LogP) is 2.90. The summed E-state index contributed by atoms with van der Waals surface area (Å²) >= 11 is 0.